The minimum absolute atomic E-state index is 0.208. The van der Waals surface area contributed by atoms with Crippen LogP contribution in [0.5, 0.6) is 0 Å². The molecule has 1 amide bonds. The van der Waals surface area contributed by atoms with Crippen LogP contribution in [0, 0.1) is 0 Å². The van der Waals surface area contributed by atoms with Gasteiger partial charge in [-0.15, -0.1) is 0 Å². The van der Waals surface area contributed by atoms with Crippen molar-refractivity contribution >= 4 is 23.6 Å². The Labute approximate surface area is 129 Å². The van der Waals surface area contributed by atoms with E-state index in [9.17, 15) is 22.8 Å². The van der Waals surface area contributed by atoms with Crippen LogP contribution in [0.25, 0.3) is 0 Å². The van der Waals surface area contributed by atoms with Crippen LogP contribution in [0.15, 0.2) is 23.4 Å². The van der Waals surface area contributed by atoms with Gasteiger partial charge >= 0.3 is 11.5 Å². The SMILES string of the molecule is CCCC[C@H](NC(=O)c1cccnc1SC(F)(F)F)C(=O)O. The van der Waals surface area contributed by atoms with Gasteiger partial charge in [-0.1, -0.05) is 19.8 Å². The number of halogens is 3. The van der Waals surface area contributed by atoms with Gasteiger partial charge in [0.05, 0.1) is 5.56 Å². The number of carboxylic acids is 1. The molecular weight excluding hydrogens is 321 g/mol. The number of hydrogen-bond acceptors (Lipinski definition) is 4. The number of carbonyl (C=O) groups excluding carboxylic acids is 1. The molecule has 5 nitrogen and oxygen atoms in total. The molecule has 0 radical (unpaired) electrons. The molecule has 22 heavy (non-hydrogen) atoms. The first-order valence-electron chi connectivity index (χ1n) is 6.49. The van der Waals surface area contributed by atoms with Crippen molar-refractivity contribution in [2.75, 3.05) is 0 Å². The molecule has 1 atom stereocenters. The van der Waals surface area contributed by atoms with E-state index < -0.39 is 40.2 Å². The van der Waals surface area contributed by atoms with Gasteiger partial charge in [-0.2, -0.15) is 13.2 Å². The fraction of sp³-hybridized carbons (Fsp3) is 0.462. The lowest BCUT2D eigenvalue weighted by molar-refractivity contribution is -0.139. The van der Waals surface area contributed by atoms with Crippen molar-refractivity contribution in [1.82, 2.24) is 10.3 Å². The van der Waals surface area contributed by atoms with E-state index in [2.05, 4.69) is 10.3 Å². The topological polar surface area (TPSA) is 79.3 Å². The van der Waals surface area contributed by atoms with Crippen LogP contribution < -0.4 is 5.32 Å². The predicted octanol–water partition coefficient (Wildman–Crippen LogP) is 3.07. The Kier molecular flexibility index (Phi) is 6.66. The highest BCUT2D eigenvalue weighted by molar-refractivity contribution is 8.00. The molecule has 0 bridgehead atoms. The van der Waals surface area contributed by atoms with Gasteiger partial charge in [-0.05, 0) is 18.6 Å². The molecule has 0 aliphatic rings. The smallest absolute Gasteiger partial charge is 0.447 e. The van der Waals surface area contributed by atoms with Crippen molar-refractivity contribution < 1.29 is 27.9 Å². The number of carboxylic acid groups (broad SMARTS) is 1. The van der Waals surface area contributed by atoms with E-state index in [1.165, 1.54) is 12.1 Å². The van der Waals surface area contributed by atoms with E-state index in [1.54, 1.807) is 0 Å². The number of carbonyl (C=O) groups is 2. The molecular formula is C13H15F3N2O3S. The number of thioether (sulfide) groups is 1. The summed E-state index contributed by atoms with van der Waals surface area (Å²) in [7, 11) is 0. The van der Waals surface area contributed by atoms with Crippen molar-refractivity contribution in [3.63, 3.8) is 0 Å². The maximum Gasteiger partial charge on any atom is 0.447 e. The molecule has 2 N–H and O–H groups in total. The Morgan fingerprint density at radius 3 is 2.68 bits per heavy atom. The highest BCUT2D eigenvalue weighted by Crippen LogP contribution is 2.37. The summed E-state index contributed by atoms with van der Waals surface area (Å²) in [6.07, 6.45) is 2.66. The van der Waals surface area contributed by atoms with Gasteiger partial charge in [-0.3, -0.25) is 4.79 Å². The molecule has 0 saturated heterocycles. The van der Waals surface area contributed by atoms with Crippen LogP contribution in [0.2, 0.25) is 0 Å². The van der Waals surface area contributed by atoms with Crippen LogP contribution in [-0.4, -0.2) is 33.5 Å². The van der Waals surface area contributed by atoms with E-state index in [0.29, 0.717) is 6.42 Å². The minimum Gasteiger partial charge on any atom is -0.480 e. The molecule has 1 aromatic rings. The number of aliphatic carboxylic acids is 1. The number of nitrogens with one attached hydrogen (secondary N) is 1. The van der Waals surface area contributed by atoms with Gasteiger partial charge in [0.25, 0.3) is 5.91 Å². The molecule has 0 aliphatic heterocycles. The second kappa shape index (κ2) is 8.02. The van der Waals surface area contributed by atoms with Gasteiger partial charge in [0.15, 0.2) is 0 Å². The van der Waals surface area contributed by atoms with E-state index >= 15 is 0 Å². The highest BCUT2D eigenvalue weighted by Gasteiger charge is 2.32. The Morgan fingerprint density at radius 1 is 1.45 bits per heavy atom. The number of amides is 1. The maximum absolute atomic E-state index is 12.4. The molecule has 1 rings (SSSR count). The summed E-state index contributed by atoms with van der Waals surface area (Å²) in [6, 6.07) is 1.35. The number of hydrogen-bond donors (Lipinski definition) is 2. The van der Waals surface area contributed by atoms with Crippen molar-refractivity contribution in [2.45, 2.75) is 42.8 Å². The first-order chi connectivity index (χ1) is 10.2. The van der Waals surface area contributed by atoms with Crippen molar-refractivity contribution in [3.05, 3.63) is 23.9 Å². The first kappa shape index (κ1) is 18.3. The summed E-state index contributed by atoms with van der Waals surface area (Å²) in [6.45, 7) is 1.86. The summed E-state index contributed by atoms with van der Waals surface area (Å²) in [5.74, 6) is -2.11. The average Bonchev–Trinajstić information content (AvgIpc) is 2.41. The third-order valence-corrected chi connectivity index (χ3v) is 3.43. The fourth-order valence-electron chi connectivity index (χ4n) is 1.66. The third-order valence-electron chi connectivity index (χ3n) is 2.68. The standard InChI is InChI=1S/C13H15F3N2O3S/c1-2-3-6-9(12(20)21)18-10(19)8-5-4-7-17-11(8)22-13(14,15)16/h4-5,7,9H,2-3,6H2,1H3,(H,18,19)(H,20,21)/t9-/m0/s1. The molecule has 9 heteroatoms. The second-order valence-electron chi connectivity index (χ2n) is 4.41. The summed E-state index contributed by atoms with van der Waals surface area (Å²) >= 11 is -0.510. The monoisotopic (exact) mass is 336 g/mol. The molecule has 122 valence electrons. The number of unbranched alkanes of at least 4 members (excludes halogenated alkanes) is 1. The molecule has 0 spiro atoms. The number of nitrogens with zero attached hydrogens (tertiary/aromatic N) is 1. The normalized spacial score (nSPS) is 12.7. The average molecular weight is 336 g/mol. The molecule has 0 aliphatic carbocycles. The van der Waals surface area contributed by atoms with Crippen LogP contribution in [0.3, 0.4) is 0 Å². The summed E-state index contributed by atoms with van der Waals surface area (Å²) in [5, 5.41) is 10.8. The summed E-state index contributed by atoms with van der Waals surface area (Å²) in [4.78, 5) is 26.6. The lowest BCUT2D eigenvalue weighted by Gasteiger charge is -2.15. The fourth-order valence-corrected chi connectivity index (χ4v) is 2.26. The molecule has 0 aromatic carbocycles. The van der Waals surface area contributed by atoms with E-state index in [1.807, 2.05) is 6.92 Å². The quantitative estimate of drug-likeness (QED) is 0.748. The van der Waals surface area contributed by atoms with Crippen LogP contribution >= 0.6 is 11.8 Å². The van der Waals surface area contributed by atoms with Gasteiger partial charge in [0.2, 0.25) is 0 Å². The van der Waals surface area contributed by atoms with Crippen molar-refractivity contribution in [2.24, 2.45) is 0 Å². The number of pyridine rings is 1. The van der Waals surface area contributed by atoms with Gasteiger partial charge in [0.1, 0.15) is 11.1 Å². The number of aromatic nitrogens is 1. The van der Waals surface area contributed by atoms with E-state index in [4.69, 9.17) is 5.11 Å². The predicted molar refractivity (Wildman–Crippen MR) is 74.6 cm³/mol. The zero-order valence-corrected chi connectivity index (χ0v) is 12.5. The molecule has 0 unspecified atom stereocenters. The van der Waals surface area contributed by atoms with Crippen molar-refractivity contribution in [1.29, 1.82) is 0 Å². The molecule has 1 aromatic heterocycles. The summed E-state index contributed by atoms with van der Waals surface area (Å²) < 4.78 is 37.3. The summed E-state index contributed by atoms with van der Waals surface area (Å²) in [5.41, 5.74) is -4.88. The lowest BCUT2D eigenvalue weighted by Crippen LogP contribution is -2.41. The highest BCUT2D eigenvalue weighted by atomic mass is 32.2. The van der Waals surface area contributed by atoms with Crippen LogP contribution in [-0.2, 0) is 4.79 Å². The maximum atomic E-state index is 12.4. The molecule has 0 fully saturated rings. The van der Waals surface area contributed by atoms with Crippen molar-refractivity contribution in [3.8, 4) is 0 Å². The lowest BCUT2D eigenvalue weighted by atomic mass is 10.1. The zero-order valence-electron chi connectivity index (χ0n) is 11.7. The zero-order chi connectivity index (χ0) is 16.8. The third kappa shape index (κ3) is 5.92. The Hall–Kier alpha value is -1.77. The van der Waals surface area contributed by atoms with E-state index in [-0.39, 0.29) is 12.0 Å². The Balaban J connectivity index is 2.90. The Morgan fingerprint density at radius 2 is 2.14 bits per heavy atom. The number of alkyl halides is 3. The van der Waals surface area contributed by atoms with E-state index in [0.717, 1.165) is 12.6 Å². The first-order valence-corrected chi connectivity index (χ1v) is 7.30. The van der Waals surface area contributed by atoms with Gasteiger partial charge in [0, 0.05) is 18.0 Å². The largest absolute Gasteiger partial charge is 0.480 e. The van der Waals surface area contributed by atoms with Crippen LogP contribution in [0.4, 0.5) is 13.2 Å². The number of rotatable bonds is 7. The second-order valence-corrected chi connectivity index (χ2v) is 5.46. The minimum atomic E-state index is -4.59. The molecule has 1 heterocycles. The molecule has 0 saturated carbocycles. The van der Waals surface area contributed by atoms with Gasteiger partial charge < -0.3 is 10.4 Å². The Bertz CT molecular complexity index is 538. The van der Waals surface area contributed by atoms with Gasteiger partial charge in [-0.25, -0.2) is 9.78 Å². The van der Waals surface area contributed by atoms with Crippen LogP contribution in [0.1, 0.15) is 36.5 Å².